The summed E-state index contributed by atoms with van der Waals surface area (Å²) < 4.78 is 6.87. The molecule has 0 aliphatic rings. The number of imidazole rings is 1. The van der Waals surface area contributed by atoms with Gasteiger partial charge in [0.1, 0.15) is 16.5 Å². The number of halogens is 1. The normalized spacial score (nSPS) is 10.5. The topological polar surface area (TPSA) is 26.5 Å². The molecule has 2 aromatic heterocycles. The van der Waals surface area contributed by atoms with Crippen molar-refractivity contribution in [3.05, 3.63) is 29.7 Å². The molecule has 0 aliphatic heterocycles. The molecule has 0 aliphatic carbocycles. The van der Waals surface area contributed by atoms with E-state index in [1.807, 2.05) is 22.7 Å². The van der Waals surface area contributed by atoms with Crippen molar-refractivity contribution in [3.63, 3.8) is 0 Å². The Labute approximate surface area is 74.6 Å². The quantitative estimate of drug-likeness (QED) is 0.675. The van der Waals surface area contributed by atoms with Gasteiger partial charge in [-0.2, -0.15) is 0 Å². The van der Waals surface area contributed by atoms with E-state index < -0.39 is 0 Å². The molecule has 0 aromatic carbocycles. The molecular weight excluding hydrogens is 176 g/mol. The molecule has 0 N–H and O–H groups in total. The summed E-state index contributed by atoms with van der Waals surface area (Å²) in [4.78, 5) is 4.07. The van der Waals surface area contributed by atoms with Crippen LogP contribution in [0.4, 0.5) is 0 Å². The minimum Gasteiger partial charge on any atom is -0.497 e. The highest BCUT2D eigenvalue weighted by atomic mass is 35.5. The van der Waals surface area contributed by atoms with Crippen LogP contribution in [0.25, 0.3) is 5.65 Å². The van der Waals surface area contributed by atoms with Crippen molar-refractivity contribution in [2.24, 2.45) is 0 Å². The van der Waals surface area contributed by atoms with Crippen molar-refractivity contribution in [2.75, 3.05) is 7.11 Å². The van der Waals surface area contributed by atoms with Gasteiger partial charge in [-0.1, -0.05) is 11.6 Å². The predicted molar refractivity (Wildman–Crippen MR) is 46.8 cm³/mol. The van der Waals surface area contributed by atoms with Gasteiger partial charge in [-0.15, -0.1) is 0 Å². The Kier molecular flexibility index (Phi) is 1.66. The largest absolute Gasteiger partial charge is 0.497 e. The van der Waals surface area contributed by atoms with Crippen molar-refractivity contribution in [1.82, 2.24) is 9.38 Å². The first-order valence-electron chi connectivity index (χ1n) is 3.48. The standard InChI is InChI=1S/C8H7ClN2O/c1-12-6-2-3-11-5-7(9)10-8(11)4-6/h2-5H,1H3. The molecule has 0 spiro atoms. The summed E-state index contributed by atoms with van der Waals surface area (Å²) in [6.45, 7) is 0. The molecule has 0 bridgehead atoms. The molecule has 0 radical (unpaired) electrons. The van der Waals surface area contributed by atoms with Crippen LogP contribution in [0.5, 0.6) is 5.75 Å². The number of hydrogen-bond acceptors (Lipinski definition) is 2. The van der Waals surface area contributed by atoms with Crippen molar-refractivity contribution in [3.8, 4) is 5.75 Å². The average molecular weight is 183 g/mol. The van der Waals surface area contributed by atoms with Gasteiger partial charge in [0.2, 0.25) is 0 Å². The lowest BCUT2D eigenvalue weighted by atomic mass is 10.4. The van der Waals surface area contributed by atoms with E-state index in [0.717, 1.165) is 11.4 Å². The molecule has 0 atom stereocenters. The average Bonchev–Trinajstić information content (AvgIpc) is 2.43. The van der Waals surface area contributed by atoms with E-state index in [1.165, 1.54) is 0 Å². The van der Waals surface area contributed by atoms with Crippen LogP contribution in [0.2, 0.25) is 5.15 Å². The third kappa shape index (κ3) is 1.12. The van der Waals surface area contributed by atoms with Gasteiger partial charge in [-0.3, -0.25) is 0 Å². The fourth-order valence-electron chi connectivity index (χ4n) is 1.06. The number of ether oxygens (including phenoxy) is 1. The number of methoxy groups -OCH3 is 1. The Morgan fingerprint density at radius 3 is 3.17 bits per heavy atom. The van der Waals surface area contributed by atoms with E-state index in [2.05, 4.69) is 4.98 Å². The molecule has 0 fully saturated rings. The Balaban J connectivity index is 2.66. The number of nitrogens with zero attached hydrogens (tertiary/aromatic N) is 2. The van der Waals surface area contributed by atoms with Crippen LogP contribution in [-0.2, 0) is 0 Å². The van der Waals surface area contributed by atoms with E-state index in [9.17, 15) is 0 Å². The Morgan fingerprint density at radius 2 is 2.42 bits per heavy atom. The molecule has 2 aromatic rings. The van der Waals surface area contributed by atoms with Gasteiger partial charge in [0.05, 0.1) is 7.11 Å². The predicted octanol–water partition coefficient (Wildman–Crippen LogP) is 2.00. The highest BCUT2D eigenvalue weighted by Crippen LogP contribution is 2.15. The van der Waals surface area contributed by atoms with Gasteiger partial charge in [0, 0.05) is 18.5 Å². The lowest BCUT2D eigenvalue weighted by Gasteiger charge is -1.98. The van der Waals surface area contributed by atoms with Gasteiger partial charge in [-0.05, 0) is 6.07 Å². The second-order valence-corrected chi connectivity index (χ2v) is 2.78. The molecule has 3 nitrogen and oxygen atoms in total. The zero-order chi connectivity index (χ0) is 8.55. The summed E-state index contributed by atoms with van der Waals surface area (Å²) in [5, 5.41) is 0.489. The zero-order valence-electron chi connectivity index (χ0n) is 6.49. The lowest BCUT2D eigenvalue weighted by Crippen LogP contribution is -1.85. The smallest absolute Gasteiger partial charge is 0.148 e. The monoisotopic (exact) mass is 182 g/mol. The molecule has 0 saturated carbocycles. The summed E-state index contributed by atoms with van der Waals surface area (Å²) in [5.74, 6) is 0.782. The number of fused-ring (bicyclic) bond motifs is 1. The summed E-state index contributed by atoms with van der Waals surface area (Å²) in [5.41, 5.74) is 0.791. The molecule has 2 rings (SSSR count). The third-order valence-corrected chi connectivity index (χ3v) is 1.82. The number of rotatable bonds is 1. The van der Waals surface area contributed by atoms with Gasteiger partial charge in [0.25, 0.3) is 0 Å². The summed E-state index contributed by atoms with van der Waals surface area (Å²) in [7, 11) is 1.62. The first-order valence-corrected chi connectivity index (χ1v) is 3.85. The van der Waals surface area contributed by atoms with Crippen LogP contribution >= 0.6 is 11.6 Å². The van der Waals surface area contributed by atoms with E-state index >= 15 is 0 Å². The first-order chi connectivity index (χ1) is 5.79. The summed E-state index contributed by atoms with van der Waals surface area (Å²) >= 11 is 5.71. The highest BCUT2D eigenvalue weighted by molar-refractivity contribution is 6.29. The second kappa shape index (κ2) is 2.68. The molecule has 2 heterocycles. The number of pyridine rings is 1. The summed E-state index contributed by atoms with van der Waals surface area (Å²) in [6, 6.07) is 3.68. The molecular formula is C8H7ClN2O. The van der Waals surface area contributed by atoms with E-state index in [4.69, 9.17) is 16.3 Å². The van der Waals surface area contributed by atoms with E-state index in [1.54, 1.807) is 13.3 Å². The molecule has 12 heavy (non-hydrogen) atoms. The fourth-order valence-corrected chi connectivity index (χ4v) is 1.25. The Bertz CT molecular complexity index is 410. The zero-order valence-corrected chi connectivity index (χ0v) is 7.25. The van der Waals surface area contributed by atoms with Gasteiger partial charge >= 0.3 is 0 Å². The maximum atomic E-state index is 5.71. The summed E-state index contributed by atoms with van der Waals surface area (Å²) in [6.07, 6.45) is 3.60. The van der Waals surface area contributed by atoms with Crippen LogP contribution in [-0.4, -0.2) is 16.5 Å². The van der Waals surface area contributed by atoms with Crippen molar-refractivity contribution in [1.29, 1.82) is 0 Å². The number of hydrogen-bond donors (Lipinski definition) is 0. The Hall–Kier alpha value is -1.22. The highest BCUT2D eigenvalue weighted by Gasteiger charge is 1.99. The van der Waals surface area contributed by atoms with E-state index in [0.29, 0.717) is 5.15 Å². The lowest BCUT2D eigenvalue weighted by molar-refractivity contribution is 0.414. The molecule has 0 saturated heterocycles. The van der Waals surface area contributed by atoms with Gasteiger partial charge in [-0.25, -0.2) is 4.98 Å². The van der Waals surface area contributed by atoms with Crippen molar-refractivity contribution >= 4 is 17.2 Å². The molecule has 4 heteroatoms. The fraction of sp³-hybridized carbons (Fsp3) is 0.125. The molecule has 0 amide bonds. The van der Waals surface area contributed by atoms with Crippen molar-refractivity contribution in [2.45, 2.75) is 0 Å². The maximum absolute atomic E-state index is 5.71. The van der Waals surface area contributed by atoms with Crippen LogP contribution in [0, 0.1) is 0 Å². The van der Waals surface area contributed by atoms with Gasteiger partial charge < -0.3 is 9.14 Å². The molecule has 62 valence electrons. The van der Waals surface area contributed by atoms with Crippen LogP contribution in [0.1, 0.15) is 0 Å². The van der Waals surface area contributed by atoms with Crippen LogP contribution < -0.4 is 4.74 Å². The second-order valence-electron chi connectivity index (χ2n) is 2.40. The van der Waals surface area contributed by atoms with Crippen LogP contribution in [0.15, 0.2) is 24.5 Å². The SMILES string of the molecule is COc1ccn2cc(Cl)nc2c1. The Morgan fingerprint density at radius 1 is 1.58 bits per heavy atom. The minimum atomic E-state index is 0.489. The number of aromatic nitrogens is 2. The first kappa shape index (κ1) is 7.43. The van der Waals surface area contributed by atoms with Crippen LogP contribution in [0.3, 0.4) is 0 Å². The third-order valence-electron chi connectivity index (χ3n) is 1.64. The van der Waals surface area contributed by atoms with Gasteiger partial charge in [0.15, 0.2) is 0 Å². The minimum absolute atomic E-state index is 0.489. The van der Waals surface area contributed by atoms with Crippen molar-refractivity contribution < 1.29 is 4.74 Å². The molecule has 0 unspecified atom stereocenters. The van der Waals surface area contributed by atoms with E-state index in [-0.39, 0.29) is 0 Å². The maximum Gasteiger partial charge on any atom is 0.148 e.